The molecular weight excluding hydrogens is 412 g/mol. The highest BCUT2D eigenvalue weighted by molar-refractivity contribution is 7.17. The topological polar surface area (TPSA) is 34.2 Å². The number of fused-ring (bicyclic) bond motifs is 1. The van der Waals surface area contributed by atoms with Gasteiger partial charge in [0.2, 0.25) is 0 Å². The van der Waals surface area contributed by atoms with Crippen molar-refractivity contribution in [2.75, 3.05) is 13.2 Å². The van der Waals surface area contributed by atoms with Crippen LogP contribution in [-0.4, -0.2) is 23.7 Å². The van der Waals surface area contributed by atoms with E-state index < -0.39 is 0 Å². The third-order valence-corrected chi connectivity index (χ3v) is 8.32. The molecule has 2 aliphatic rings. The normalized spacial score (nSPS) is 23.4. The molecule has 5 rings (SSSR count). The number of hydrogen-bond donors (Lipinski definition) is 1. The lowest BCUT2D eigenvalue weighted by molar-refractivity contribution is -0.104. The summed E-state index contributed by atoms with van der Waals surface area (Å²) in [5.41, 5.74) is 2.80. The predicted octanol–water partition coefficient (Wildman–Crippen LogP) is 6.49. The van der Waals surface area contributed by atoms with Crippen molar-refractivity contribution in [3.63, 3.8) is 0 Å². The largest absolute Gasteiger partial charge is 0.375 e. The second kappa shape index (κ2) is 8.58. The molecule has 0 unspecified atom stereocenters. The Morgan fingerprint density at radius 2 is 2.03 bits per heavy atom. The molecule has 158 valence electrons. The highest BCUT2D eigenvalue weighted by Gasteiger charge is 2.48. The molecule has 3 aromatic rings. The van der Waals surface area contributed by atoms with E-state index in [1.54, 1.807) is 11.3 Å². The van der Waals surface area contributed by atoms with E-state index in [9.17, 15) is 0 Å². The first-order valence-electron chi connectivity index (χ1n) is 11.1. The lowest BCUT2D eigenvalue weighted by Gasteiger charge is -2.46. The maximum atomic E-state index is 6.37. The SMILES string of the molecule is Clc1ccc2c(CNCC[C@@]3(c4ccccn4)CCOC4(CCCC4)C3)csc2c1. The lowest BCUT2D eigenvalue weighted by Crippen LogP contribution is -2.47. The highest BCUT2D eigenvalue weighted by Crippen LogP contribution is 2.49. The Morgan fingerprint density at radius 3 is 2.87 bits per heavy atom. The van der Waals surface area contributed by atoms with Crippen LogP contribution in [0.15, 0.2) is 48.0 Å². The van der Waals surface area contributed by atoms with Crippen LogP contribution in [0.25, 0.3) is 10.1 Å². The molecule has 1 aliphatic carbocycles. The molecule has 1 aliphatic heterocycles. The fourth-order valence-electron chi connectivity index (χ4n) is 5.54. The van der Waals surface area contributed by atoms with Gasteiger partial charge in [0.15, 0.2) is 0 Å². The Bertz CT molecular complexity index is 999. The van der Waals surface area contributed by atoms with E-state index in [0.29, 0.717) is 0 Å². The minimum absolute atomic E-state index is 0.0819. The zero-order chi connectivity index (χ0) is 20.4. The summed E-state index contributed by atoms with van der Waals surface area (Å²) in [5, 5.41) is 8.09. The maximum absolute atomic E-state index is 6.37. The number of aromatic nitrogens is 1. The van der Waals surface area contributed by atoms with E-state index in [0.717, 1.165) is 44.0 Å². The Kier molecular flexibility index (Phi) is 5.85. The van der Waals surface area contributed by atoms with E-state index in [-0.39, 0.29) is 11.0 Å². The van der Waals surface area contributed by atoms with Gasteiger partial charge >= 0.3 is 0 Å². The molecule has 1 atom stereocenters. The molecule has 1 N–H and O–H groups in total. The lowest BCUT2D eigenvalue weighted by atomic mass is 9.68. The fourth-order valence-corrected chi connectivity index (χ4v) is 6.78. The quantitative estimate of drug-likeness (QED) is 0.445. The standard InChI is InChI=1S/C25H29ClN2OS/c26-20-6-7-21-19(17-30-22(21)15-20)16-27-13-10-24(23-5-1-4-12-28-23)11-14-29-25(18-24)8-2-3-9-25/h1,4-7,12,15,17,27H,2-3,8-11,13-14,16,18H2/t24-/m1/s1. The molecule has 1 saturated carbocycles. The number of hydrogen-bond acceptors (Lipinski definition) is 4. The second-order valence-corrected chi connectivity index (χ2v) is 10.3. The fraction of sp³-hybridized carbons (Fsp3) is 0.480. The van der Waals surface area contributed by atoms with Crippen molar-refractivity contribution >= 4 is 33.0 Å². The Morgan fingerprint density at radius 1 is 1.13 bits per heavy atom. The first kappa shape index (κ1) is 20.4. The summed E-state index contributed by atoms with van der Waals surface area (Å²) >= 11 is 7.91. The van der Waals surface area contributed by atoms with E-state index >= 15 is 0 Å². The smallest absolute Gasteiger partial charge is 0.0691 e. The molecule has 1 spiro atoms. The van der Waals surface area contributed by atoms with Crippen LogP contribution in [-0.2, 0) is 16.7 Å². The summed E-state index contributed by atoms with van der Waals surface area (Å²) in [4.78, 5) is 4.81. The Balaban J connectivity index is 1.29. The summed E-state index contributed by atoms with van der Waals surface area (Å²) in [5.74, 6) is 0. The van der Waals surface area contributed by atoms with Gasteiger partial charge < -0.3 is 10.1 Å². The van der Waals surface area contributed by atoms with Crippen LogP contribution in [0.5, 0.6) is 0 Å². The minimum atomic E-state index is 0.0819. The van der Waals surface area contributed by atoms with Gasteiger partial charge in [-0.15, -0.1) is 11.3 Å². The molecule has 2 aromatic heterocycles. The number of benzene rings is 1. The van der Waals surface area contributed by atoms with Gasteiger partial charge in [-0.25, -0.2) is 0 Å². The van der Waals surface area contributed by atoms with Crippen molar-refractivity contribution in [1.82, 2.24) is 10.3 Å². The van der Waals surface area contributed by atoms with Gasteiger partial charge in [0.05, 0.1) is 5.60 Å². The molecule has 30 heavy (non-hydrogen) atoms. The Labute approximate surface area is 187 Å². The van der Waals surface area contributed by atoms with Crippen LogP contribution in [0, 0.1) is 0 Å². The van der Waals surface area contributed by atoms with Crippen LogP contribution in [0.3, 0.4) is 0 Å². The molecule has 1 aromatic carbocycles. The highest BCUT2D eigenvalue weighted by atomic mass is 35.5. The van der Waals surface area contributed by atoms with Crippen molar-refractivity contribution in [3.05, 3.63) is 64.3 Å². The van der Waals surface area contributed by atoms with E-state index in [1.165, 1.54) is 47.0 Å². The molecule has 5 heteroatoms. The Hall–Kier alpha value is -1.46. The summed E-state index contributed by atoms with van der Waals surface area (Å²) in [6.45, 7) is 2.73. The zero-order valence-electron chi connectivity index (χ0n) is 17.3. The monoisotopic (exact) mass is 440 g/mol. The third-order valence-electron chi connectivity index (χ3n) is 7.09. The second-order valence-electron chi connectivity index (χ2n) is 8.99. The van der Waals surface area contributed by atoms with Crippen LogP contribution in [0.2, 0.25) is 5.02 Å². The van der Waals surface area contributed by atoms with Crippen LogP contribution < -0.4 is 5.32 Å². The maximum Gasteiger partial charge on any atom is 0.0691 e. The molecule has 3 heterocycles. The molecule has 0 radical (unpaired) electrons. The van der Waals surface area contributed by atoms with Gasteiger partial charge in [-0.1, -0.05) is 36.6 Å². The number of halogens is 1. The number of ether oxygens (including phenoxy) is 1. The van der Waals surface area contributed by atoms with Crippen LogP contribution >= 0.6 is 22.9 Å². The van der Waals surface area contributed by atoms with Gasteiger partial charge in [-0.3, -0.25) is 4.98 Å². The average molecular weight is 441 g/mol. The minimum Gasteiger partial charge on any atom is -0.375 e. The van der Waals surface area contributed by atoms with Gasteiger partial charge in [-0.2, -0.15) is 0 Å². The molecule has 0 amide bonds. The van der Waals surface area contributed by atoms with Crippen LogP contribution in [0.1, 0.15) is 56.2 Å². The molecule has 2 fully saturated rings. The summed E-state index contributed by atoms with van der Waals surface area (Å²) in [6, 6.07) is 12.6. The number of nitrogens with one attached hydrogen (secondary N) is 1. The van der Waals surface area contributed by atoms with E-state index in [4.69, 9.17) is 21.3 Å². The zero-order valence-corrected chi connectivity index (χ0v) is 18.9. The molecular formula is C25H29ClN2OS. The van der Waals surface area contributed by atoms with Crippen molar-refractivity contribution in [1.29, 1.82) is 0 Å². The third kappa shape index (κ3) is 4.03. The molecule has 3 nitrogen and oxygen atoms in total. The van der Waals surface area contributed by atoms with E-state index in [2.05, 4.69) is 35.0 Å². The first-order valence-corrected chi connectivity index (χ1v) is 12.4. The number of rotatable bonds is 6. The summed E-state index contributed by atoms with van der Waals surface area (Å²) in [6.07, 6.45) is 10.2. The van der Waals surface area contributed by atoms with Crippen molar-refractivity contribution in [3.8, 4) is 0 Å². The number of thiophene rings is 1. The van der Waals surface area contributed by atoms with Gasteiger partial charge in [0, 0.05) is 40.2 Å². The van der Waals surface area contributed by atoms with Crippen molar-refractivity contribution < 1.29 is 4.74 Å². The van der Waals surface area contributed by atoms with Gasteiger partial charge in [0.25, 0.3) is 0 Å². The molecule has 1 saturated heterocycles. The average Bonchev–Trinajstić information content (AvgIpc) is 3.38. The van der Waals surface area contributed by atoms with Crippen LogP contribution in [0.4, 0.5) is 0 Å². The van der Waals surface area contributed by atoms with Crippen molar-refractivity contribution in [2.45, 2.75) is 62.5 Å². The molecule has 0 bridgehead atoms. The summed E-state index contributed by atoms with van der Waals surface area (Å²) < 4.78 is 7.63. The van der Waals surface area contributed by atoms with E-state index in [1.807, 2.05) is 18.3 Å². The van der Waals surface area contributed by atoms with Crippen molar-refractivity contribution in [2.24, 2.45) is 0 Å². The number of pyridine rings is 1. The summed E-state index contributed by atoms with van der Waals surface area (Å²) in [7, 11) is 0. The van der Waals surface area contributed by atoms with Gasteiger partial charge in [0.1, 0.15) is 0 Å². The number of nitrogens with zero attached hydrogens (tertiary/aromatic N) is 1. The predicted molar refractivity (Wildman–Crippen MR) is 125 cm³/mol. The first-order chi connectivity index (χ1) is 14.7. The van der Waals surface area contributed by atoms with Gasteiger partial charge in [-0.05, 0) is 79.2 Å².